The maximum absolute atomic E-state index is 12.1. The van der Waals surface area contributed by atoms with Crippen molar-refractivity contribution in [3.05, 3.63) is 51.9 Å². The van der Waals surface area contributed by atoms with Crippen LogP contribution in [0, 0.1) is 6.92 Å². The first-order chi connectivity index (χ1) is 13.0. The highest BCUT2D eigenvalue weighted by atomic mass is 32.2. The molecule has 0 radical (unpaired) electrons. The molecule has 140 valence electrons. The number of rotatable bonds is 6. The number of hydrogen-bond donors (Lipinski definition) is 3. The van der Waals surface area contributed by atoms with Gasteiger partial charge in [0, 0.05) is 11.4 Å². The Labute approximate surface area is 158 Å². The minimum Gasteiger partial charge on any atom is -0.462 e. The number of hydrogen-bond acceptors (Lipinski definition) is 6. The Morgan fingerprint density at radius 2 is 1.96 bits per heavy atom. The number of esters is 1. The van der Waals surface area contributed by atoms with Crippen molar-refractivity contribution in [2.75, 3.05) is 17.7 Å². The van der Waals surface area contributed by atoms with Crippen molar-refractivity contribution in [2.45, 2.75) is 19.0 Å². The summed E-state index contributed by atoms with van der Waals surface area (Å²) in [6.07, 6.45) is 0. The largest absolute Gasteiger partial charge is 0.462 e. The summed E-state index contributed by atoms with van der Waals surface area (Å²) in [7, 11) is 0. The predicted octanol–water partition coefficient (Wildman–Crippen LogP) is 2.47. The molecule has 2 heterocycles. The second-order valence-electron chi connectivity index (χ2n) is 5.72. The van der Waals surface area contributed by atoms with Crippen LogP contribution in [0.15, 0.2) is 40.3 Å². The average Bonchev–Trinajstić information content (AvgIpc) is 3.02. The van der Waals surface area contributed by atoms with Crippen LogP contribution in [0.25, 0.3) is 11.0 Å². The zero-order valence-corrected chi connectivity index (χ0v) is 15.6. The number of H-pyrrole nitrogens is 2. The number of fused-ring (bicyclic) bond motifs is 1. The van der Waals surface area contributed by atoms with Crippen molar-refractivity contribution < 1.29 is 14.3 Å². The van der Waals surface area contributed by atoms with Crippen molar-refractivity contribution in [3.8, 4) is 0 Å². The standard InChI is InChI=1S/C18H18N4O4S/c1-3-26-17(25)11-4-6-12(7-5-11)20-14(23)9-27-18-21-13-8-10(2)19-15(13)16(24)22-18/h4-8,19H,3,9H2,1-2H3,(H,20,23)(H,21,22,24). The van der Waals surface area contributed by atoms with Crippen LogP contribution in [-0.2, 0) is 9.53 Å². The van der Waals surface area contributed by atoms with Gasteiger partial charge in [-0.05, 0) is 44.2 Å². The van der Waals surface area contributed by atoms with Crippen LogP contribution >= 0.6 is 11.8 Å². The maximum Gasteiger partial charge on any atom is 0.338 e. The van der Waals surface area contributed by atoms with Gasteiger partial charge < -0.3 is 15.0 Å². The quantitative estimate of drug-likeness (QED) is 0.340. The molecule has 0 aliphatic carbocycles. The predicted molar refractivity (Wildman–Crippen MR) is 103 cm³/mol. The number of thioether (sulfide) groups is 1. The van der Waals surface area contributed by atoms with Gasteiger partial charge in [-0.2, -0.15) is 0 Å². The minimum atomic E-state index is -0.406. The van der Waals surface area contributed by atoms with E-state index >= 15 is 0 Å². The highest BCUT2D eigenvalue weighted by Crippen LogP contribution is 2.16. The Hall–Kier alpha value is -3.07. The van der Waals surface area contributed by atoms with Crippen LogP contribution in [0.3, 0.4) is 0 Å². The molecule has 0 bridgehead atoms. The van der Waals surface area contributed by atoms with E-state index in [1.807, 2.05) is 6.92 Å². The molecule has 0 saturated carbocycles. The van der Waals surface area contributed by atoms with E-state index in [1.54, 1.807) is 37.3 Å². The molecule has 1 aromatic carbocycles. The molecule has 0 aliphatic rings. The van der Waals surface area contributed by atoms with Gasteiger partial charge in [-0.3, -0.25) is 14.6 Å². The third-order valence-electron chi connectivity index (χ3n) is 3.62. The summed E-state index contributed by atoms with van der Waals surface area (Å²) in [4.78, 5) is 45.6. The molecular weight excluding hydrogens is 368 g/mol. The number of amides is 1. The highest BCUT2D eigenvalue weighted by Gasteiger charge is 2.10. The third kappa shape index (κ3) is 4.56. The number of carbonyl (C=O) groups is 2. The SMILES string of the molecule is CCOC(=O)c1ccc(NC(=O)CSc2nc3cc(C)[nH]c3c(=O)[nH]2)cc1. The Kier molecular flexibility index (Phi) is 5.60. The van der Waals surface area contributed by atoms with Gasteiger partial charge >= 0.3 is 5.97 Å². The van der Waals surface area contributed by atoms with Crippen molar-refractivity contribution in [3.63, 3.8) is 0 Å². The maximum atomic E-state index is 12.1. The molecule has 3 rings (SSSR count). The van der Waals surface area contributed by atoms with Crippen LogP contribution < -0.4 is 10.9 Å². The molecule has 0 spiro atoms. The lowest BCUT2D eigenvalue weighted by molar-refractivity contribution is -0.113. The normalized spacial score (nSPS) is 10.7. The summed E-state index contributed by atoms with van der Waals surface area (Å²) >= 11 is 1.13. The van der Waals surface area contributed by atoms with Crippen molar-refractivity contribution >= 4 is 40.4 Å². The number of nitrogens with one attached hydrogen (secondary N) is 3. The lowest BCUT2D eigenvalue weighted by Crippen LogP contribution is -2.15. The van der Waals surface area contributed by atoms with Gasteiger partial charge in [0.1, 0.15) is 5.52 Å². The number of nitrogens with zero attached hydrogens (tertiary/aromatic N) is 1. The molecule has 9 heteroatoms. The van der Waals surface area contributed by atoms with E-state index in [1.165, 1.54) is 0 Å². The Morgan fingerprint density at radius 3 is 2.67 bits per heavy atom. The van der Waals surface area contributed by atoms with Gasteiger partial charge in [0.05, 0.1) is 23.4 Å². The Morgan fingerprint density at radius 1 is 1.22 bits per heavy atom. The lowest BCUT2D eigenvalue weighted by Gasteiger charge is -2.06. The molecule has 8 nitrogen and oxygen atoms in total. The van der Waals surface area contributed by atoms with Crippen molar-refractivity contribution in [1.82, 2.24) is 15.0 Å². The fourth-order valence-corrected chi connectivity index (χ4v) is 3.10. The Bertz CT molecular complexity index is 1040. The van der Waals surface area contributed by atoms with Gasteiger partial charge in [-0.25, -0.2) is 9.78 Å². The van der Waals surface area contributed by atoms with E-state index in [-0.39, 0.29) is 17.2 Å². The van der Waals surface area contributed by atoms with Crippen LogP contribution in [0.2, 0.25) is 0 Å². The van der Waals surface area contributed by atoms with Crippen LogP contribution in [-0.4, -0.2) is 39.2 Å². The molecule has 0 unspecified atom stereocenters. The molecule has 1 amide bonds. The summed E-state index contributed by atoms with van der Waals surface area (Å²) in [5, 5.41) is 3.10. The second kappa shape index (κ2) is 8.09. The van der Waals surface area contributed by atoms with E-state index in [0.717, 1.165) is 17.5 Å². The summed E-state index contributed by atoms with van der Waals surface area (Å²) in [6, 6.07) is 8.21. The van der Waals surface area contributed by atoms with Crippen molar-refractivity contribution in [1.29, 1.82) is 0 Å². The molecule has 0 fully saturated rings. The number of aromatic amines is 2. The van der Waals surface area contributed by atoms with E-state index < -0.39 is 5.97 Å². The van der Waals surface area contributed by atoms with Gasteiger partial charge in [-0.15, -0.1) is 0 Å². The first kappa shape index (κ1) is 18.7. The minimum absolute atomic E-state index is 0.0808. The topological polar surface area (TPSA) is 117 Å². The van der Waals surface area contributed by atoms with E-state index in [9.17, 15) is 14.4 Å². The summed E-state index contributed by atoms with van der Waals surface area (Å²) in [5.41, 5.74) is 2.53. The van der Waals surface area contributed by atoms with E-state index in [4.69, 9.17) is 4.74 Å². The molecule has 0 saturated heterocycles. The number of anilines is 1. The number of ether oxygens (including phenoxy) is 1. The summed E-state index contributed by atoms with van der Waals surface area (Å²) in [5.74, 6) is -0.578. The molecule has 2 aromatic heterocycles. The zero-order chi connectivity index (χ0) is 19.4. The average molecular weight is 386 g/mol. The number of carbonyl (C=O) groups excluding carboxylic acids is 2. The molecule has 27 heavy (non-hydrogen) atoms. The monoisotopic (exact) mass is 386 g/mol. The van der Waals surface area contributed by atoms with E-state index in [2.05, 4.69) is 20.3 Å². The fraction of sp³-hybridized carbons (Fsp3) is 0.222. The number of aromatic nitrogens is 3. The smallest absolute Gasteiger partial charge is 0.338 e. The van der Waals surface area contributed by atoms with Crippen LogP contribution in [0.4, 0.5) is 5.69 Å². The highest BCUT2D eigenvalue weighted by molar-refractivity contribution is 7.99. The van der Waals surface area contributed by atoms with Gasteiger partial charge in [0.15, 0.2) is 5.16 Å². The van der Waals surface area contributed by atoms with Crippen molar-refractivity contribution in [2.24, 2.45) is 0 Å². The molecule has 3 N–H and O–H groups in total. The second-order valence-corrected chi connectivity index (χ2v) is 6.68. The fourth-order valence-electron chi connectivity index (χ4n) is 2.44. The molecule has 0 aliphatic heterocycles. The van der Waals surface area contributed by atoms with E-state index in [0.29, 0.717) is 34.0 Å². The lowest BCUT2D eigenvalue weighted by atomic mass is 10.2. The number of benzene rings is 1. The molecule has 0 atom stereocenters. The zero-order valence-electron chi connectivity index (χ0n) is 14.8. The third-order valence-corrected chi connectivity index (χ3v) is 4.49. The van der Waals surface area contributed by atoms with Gasteiger partial charge in [0.25, 0.3) is 5.56 Å². The van der Waals surface area contributed by atoms with Gasteiger partial charge in [0.2, 0.25) is 5.91 Å². The van der Waals surface area contributed by atoms with Crippen LogP contribution in [0.5, 0.6) is 0 Å². The van der Waals surface area contributed by atoms with Crippen LogP contribution in [0.1, 0.15) is 23.0 Å². The summed E-state index contributed by atoms with van der Waals surface area (Å²) < 4.78 is 4.91. The molecule has 3 aromatic rings. The Balaban J connectivity index is 1.60. The first-order valence-corrected chi connectivity index (χ1v) is 9.24. The number of aryl methyl sites for hydroxylation is 1. The first-order valence-electron chi connectivity index (χ1n) is 8.25. The summed E-state index contributed by atoms with van der Waals surface area (Å²) in [6.45, 7) is 3.88. The molecular formula is C18H18N4O4S. The van der Waals surface area contributed by atoms with Gasteiger partial charge in [-0.1, -0.05) is 11.8 Å².